The number of benzene rings is 3. The molecule has 0 spiro atoms. The SMILES string of the molecule is N#Cc1ccc(CN2CCC(c3c(C(=O)N4CCC(c5ccccc5)C4)cnn3-c3ccc(Cl)cc3F)CC2)cc1. The zero-order chi connectivity index (χ0) is 28.3. The average molecular weight is 568 g/mol. The summed E-state index contributed by atoms with van der Waals surface area (Å²) in [5.74, 6) is -0.155. The van der Waals surface area contributed by atoms with Gasteiger partial charge in [-0.05, 0) is 73.8 Å². The van der Waals surface area contributed by atoms with Crippen molar-refractivity contribution in [1.82, 2.24) is 19.6 Å². The van der Waals surface area contributed by atoms with E-state index in [9.17, 15) is 4.79 Å². The van der Waals surface area contributed by atoms with Gasteiger partial charge in [0.05, 0.1) is 29.1 Å². The van der Waals surface area contributed by atoms with E-state index in [0.717, 1.165) is 50.2 Å². The van der Waals surface area contributed by atoms with Crippen molar-refractivity contribution in [2.45, 2.75) is 37.6 Å². The molecule has 2 saturated heterocycles. The zero-order valence-electron chi connectivity index (χ0n) is 22.7. The Labute approximate surface area is 244 Å². The molecule has 0 aliphatic carbocycles. The van der Waals surface area contributed by atoms with Crippen molar-refractivity contribution in [3.05, 3.63) is 118 Å². The number of likely N-dealkylation sites (tertiary alicyclic amines) is 2. The number of nitriles is 1. The number of amides is 1. The van der Waals surface area contributed by atoms with Crippen LogP contribution in [0.3, 0.4) is 0 Å². The molecular formula is C33H31ClFN5O. The summed E-state index contributed by atoms with van der Waals surface area (Å²) in [6.45, 7) is 3.82. The molecule has 2 aliphatic rings. The van der Waals surface area contributed by atoms with Crippen molar-refractivity contribution in [2.24, 2.45) is 0 Å². The third-order valence-corrected chi connectivity index (χ3v) is 8.62. The van der Waals surface area contributed by atoms with E-state index in [-0.39, 0.29) is 11.8 Å². The largest absolute Gasteiger partial charge is 0.338 e. The molecule has 0 radical (unpaired) electrons. The Kier molecular flexibility index (Phi) is 7.86. The summed E-state index contributed by atoms with van der Waals surface area (Å²) >= 11 is 6.05. The Balaban J connectivity index is 1.25. The minimum absolute atomic E-state index is 0.0425. The van der Waals surface area contributed by atoms with Crippen LogP contribution in [0.2, 0.25) is 5.02 Å². The molecular weight excluding hydrogens is 537 g/mol. The maximum atomic E-state index is 15.1. The summed E-state index contributed by atoms with van der Waals surface area (Å²) in [5.41, 5.74) is 4.69. The summed E-state index contributed by atoms with van der Waals surface area (Å²) in [6, 6.07) is 24.7. The van der Waals surface area contributed by atoms with Crippen LogP contribution in [-0.4, -0.2) is 51.7 Å². The standard InChI is InChI=1S/C33H31ClFN5O/c34-28-10-11-31(30(35)18-28)40-32(26-12-15-38(16-13-26)21-24-8-6-23(19-36)7-9-24)29(20-37-40)33(41)39-17-14-27(22-39)25-4-2-1-3-5-25/h1-11,18,20,26-27H,12-17,21-22H2. The predicted molar refractivity (Wildman–Crippen MR) is 157 cm³/mol. The van der Waals surface area contributed by atoms with Gasteiger partial charge >= 0.3 is 0 Å². The van der Waals surface area contributed by atoms with Gasteiger partial charge in [-0.2, -0.15) is 10.4 Å². The molecule has 1 aromatic heterocycles. The molecule has 41 heavy (non-hydrogen) atoms. The Morgan fingerprint density at radius 2 is 1.71 bits per heavy atom. The second kappa shape index (κ2) is 11.9. The van der Waals surface area contributed by atoms with Crippen molar-refractivity contribution >= 4 is 17.5 Å². The zero-order valence-corrected chi connectivity index (χ0v) is 23.5. The van der Waals surface area contributed by atoms with E-state index in [4.69, 9.17) is 16.9 Å². The van der Waals surface area contributed by atoms with Gasteiger partial charge in [0.2, 0.25) is 0 Å². The fraction of sp³-hybridized carbons (Fsp3) is 0.303. The highest BCUT2D eigenvalue weighted by molar-refractivity contribution is 6.30. The molecule has 0 bridgehead atoms. The molecule has 2 aliphatic heterocycles. The molecule has 8 heteroatoms. The normalized spacial score (nSPS) is 18.0. The minimum atomic E-state index is -0.468. The molecule has 2 fully saturated rings. The van der Waals surface area contributed by atoms with Gasteiger partial charge in [-0.15, -0.1) is 0 Å². The monoisotopic (exact) mass is 567 g/mol. The van der Waals surface area contributed by atoms with Crippen LogP contribution in [0.4, 0.5) is 4.39 Å². The van der Waals surface area contributed by atoms with Crippen molar-refractivity contribution in [3.8, 4) is 11.8 Å². The van der Waals surface area contributed by atoms with Gasteiger partial charge in [-0.1, -0.05) is 54.1 Å². The fourth-order valence-electron chi connectivity index (χ4n) is 6.18. The van der Waals surface area contributed by atoms with E-state index in [1.807, 2.05) is 47.4 Å². The summed E-state index contributed by atoms with van der Waals surface area (Å²) < 4.78 is 16.7. The first-order chi connectivity index (χ1) is 20.0. The summed E-state index contributed by atoms with van der Waals surface area (Å²) in [6.07, 6.45) is 4.18. The minimum Gasteiger partial charge on any atom is -0.338 e. The van der Waals surface area contributed by atoms with Gasteiger partial charge in [0.15, 0.2) is 0 Å². The molecule has 6 rings (SSSR count). The number of rotatable bonds is 6. The lowest BCUT2D eigenvalue weighted by Gasteiger charge is -2.33. The van der Waals surface area contributed by atoms with Crippen LogP contribution in [-0.2, 0) is 6.54 Å². The topological polar surface area (TPSA) is 65.2 Å². The Morgan fingerprint density at radius 1 is 0.976 bits per heavy atom. The van der Waals surface area contributed by atoms with Crippen molar-refractivity contribution < 1.29 is 9.18 Å². The van der Waals surface area contributed by atoms with E-state index >= 15 is 4.39 Å². The predicted octanol–water partition coefficient (Wildman–Crippen LogP) is 6.55. The smallest absolute Gasteiger partial charge is 0.257 e. The van der Waals surface area contributed by atoms with Crippen molar-refractivity contribution in [1.29, 1.82) is 5.26 Å². The van der Waals surface area contributed by atoms with Crippen molar-refractivity contribution in [2.75, 3.05) is 26.2 Å². The molecule has 1 unspecified atom stereocenters. The van der Waals surface area contributed by atoms with Gasteiger partial charge in [-0.25, -0.2) is 9.07 Å². The van der Waals surface area contributed by atoms with Crippen molar-refractivity contribution in [3.63, 3.8) is 0 Å². The molecule has 208 valence electrons. The van der Waals surface area contributed by atoms with Gasteiger partial charge < -0.3 is 4.90 Å². The molecule has 3 heterocycles. The Bertz CT molecular complexity index is 1570. The number of halogens is 2. The van der Waals surface area contributed by atoms with Crippen LogP contribution in [0.5, 0.6) is 0 Å². The van der Waals surface area contributed by atoms with Gasteiger partial charge in [0.1, 0.15) is 11.5 Å². The molecule has 1 amide bonds. The number of hydrogen-bond acceptors (Lipinski definition) is 4. The lowest BCUT2D eigenvalue weighted by Crippen LogP contribution is -2.34. The van der Waals surface area contributed by atoms with E-state index in [1.165, 1.54) is 11.6 Å². The first-order valence-electron chi connectivity index (χ1n) is 14.1. The molecule has 4 aromatic rings. The van der Waals surface area contributed by atoms with Gasteiger partial charge in [0, 0.05) is 36.5 Å². The number of aromatic nitrogens is 2. The molecule has 3 aromatic carbocycles. The molecule has 0 saturated carbocycles. The van der Waals surface area contributed by atoms with Crippen LogP contribution < -0.4 is 0 Å². The highest BCUT2D eigenvalue weighted by atomic mass is 35.5. The first-order valence-corrected chi connectivity index (χ1v) is 14.5. The molecule has 1 atom stereocenters. The summed E-state index contributed by atoms with van der Waals surface area (Å²) in [4.78, 5) is 18.3. The van der Waals surface area contributed by atoms with E-state index < -0.39 is 5.82 Å². The summed E-state index contributed by atoms with van der Waals surface area (Å²) in [7, 11) is 0. The maximum Gasteiger partial charge on any atom is 0.257 e. The van der Waals surface area contributed by atoms with Crippen LogP contribution in [0.15, 0.2) is 79.0 Å². The molecule has 6 nitrogen and oxygen atoms in total. The quantitative estimate of drug-likeness (QED) is 0.265. The number of hydrogen-bond donors (Lipinski definition) is 0. The van der Waals surface area contributed by atoms with E-state index in [0.29, 0.717) is 40.8 Å². The van der Waals surface area contributed by atoms with Gasteiger partial charge in [0.25, 0.3) is 5.91 Å². The number of piperidine rings is 1. The highest BCUT2D eigenvalue weighted by Gasteiger charge is 2.34. The Hall–Kier alpha value is -3.99. The Morgan fingerprint density at radius 3 is 2.41 bits per heavy atom. The van der Waals surface area contributed by atoms with Crippen LogP contribution >= 0.6 is 11.6 Å². The number of carbonyl (C=O) groups is 1. The third-order valence-electron chi connectivity index (χ3n) is 8.38. The van der Waals surface area contributed by atoms with Crippen LogP contribution in [0, 0.1) is 17.1 Å². The highest BCUT2D eigenvalue weighted by Crippen LogP contribution is 2.35. The van der Waals surface area contributed by atoms with E-state index in [2.05, 4.69) is 28.2 Å². The lowest BCUT2D eigenvalue weighted by molar-refractivity contribution is 0.0788. The van der Waals surface area contributed by atoms with Crippen LogP contribution in [0.1, 0.15) is 63.8 Å². The first kappa shape index (κ1) is 27.2. The number of carbonyl (C=O) groups excluding carboxylic acids is 1. The fourth-order valence-corrected chi connectivity index (χ4v) is 6.34. The lowest BCUT2D eigenvalue weighted by atomic mass is 9.90. The number of nitrogens with zero attached hydrogens (tertiary/aromatic N) is 5. The second-order valence-electron chi connectivity index (χ2n) is 11.0. The third kappa shape index (κ3) is 5.76. The second-order valence-corrected chi connectivity index (χ2v) is 11.4. The van der Waals surface area contributed by atoms with E-state index in [1.54, 1.807) is 23.0 Å². The summed E-state index contributed by atoms with van der Waals surface area (Å²) in [5, 5.41) is 14.0. The van der Waals surface area contributed by atoms with Crippen LogP contribution in [0.25, 0.3) is 5.69 Å². The maximum absolute atomic E-state index is 15.1. The molecule has 0 N–H and O–H groups in total. The average Bonchev–Trinajstić information content (AvgIpc) is 3.67. The van der Waals surface area contributed by atoms with Gasteiger partial charge in [-0.3, -0.25) is 9.69 Å².